The summed E-state index contributed by atoms with van der Waals surface area (Å²) in [5.74, 6) is 0.428. The minimum absolute atomic E-state index is 0.394. The highest BCUT2D eigenvalue weighted by Crippen LogP contribution is 2.38. The second kappa shape index (κ2) is 4.98. The zero-order chi connectivity index (χ0) is 11.5. The van der Waals surface area contributed by atoms with E-state index in [1.54, 1.807) is 0 Å². The molecule has 0 aliphatic heterocycles. The van der Waals surface area contributed by atoms with Gasteiger partial charge in [-0.05, 0) is 19.7 Å². The smallest absolute Gasteiger partial charge is 0.0450 e. The maximum absolute atomic E-state index is 3.64. The van der Waals surface area contributed by atoms with E-state index in [9.17, 15) is 0 Å². The molecule has 0 saturated heterocycles. The van der Waals surface area contributed by atoms with Crippen molar-refractivity contribution in [2.24, 2.45) is 5.92 Å². The summed E-state index contributed by atoms with van der Waals surface area (Å²) in [4.78, 5) is 2.27. The lowest BCUT2D eigenvalue weighted by atomic mass is 9.93. The van der Waals surface area contributed by atoms with Gasteiger partial charge in [0.05, 0.1) is 0 Å². The predicted molar refractivity (Wildman–Crippen MR) is 72.5 cm³/mol. The molecule has 1 nitrogen and oxygen atoms in total. The Hall–Kier alpha value is -0.860. The molecule has 1 aliphatic rings. The van der Waals surface area contributed by atoms with Crippen LogP contribution in [0.4, 0.5) is 0 Å². The van der Waals surface area contributed by atoms with Crippen LogP contribution in [-0.4, -0.2) is 19.0 Å². The van der Waals surface area contributed by atoms with Crippen molar-refractivity contribution in [1.82, 2.24) is 4.90 Å². The third-order valence-corrected chi connectivity index (χ3v) is 3.72. The number of hydrogen-bond donors (Lipinski definition) is 0. The van der Waals surface area contributed by atoms with Crippen LogP contribution in [0.25, 0.3) is 0 Å². The fraction of sp³-hybridized carbons (Fsp3) is 0.286. The molecule has 0 radical (unpaired) electrons. The first-order valence-electron chi connectivity index (χ1n) is 5.45. The molecule has 0 saturated carbocycles. The monoisotopic (exact) mass is 277 g/mol. The van der Waals surface area contributed by atoms with Gasteiger partial charge in [0.2, 0.25) is 0 Å². The molecule has 0 N–H and O–H groups in total. The van der Waals surface area contributed by atoms with Crippen LogP contribution < -0.4 is 0 Å². The van der Waals surface area contributed by atoms with E-state index in [-0.39, 0.29) is 0 Å². The fourth-order valence-electron chi connectivity index (χ4n) is 2.20. The topological polar surface area (TPSA) is 3.24 Å². The van der Waals surface area contributed by atoms with E-state index in [2.05, 4.69) is 83.5 Å². The first-order chi connectivity index (χ1) is 7.70. The molecule has 1 aromatic carbocycles. The van der Waals surface area contributed by atoms with E-state index in [1.165, 1.54) is 10.0 Å². The minimum atomic E-state index is 0.394. The molecule has 84 valence electrons. The van der Waals surface area contributed by atoms with Crippen LogP contribution in [0.3, 0.4) is 0 Å². The van der Waals surface area contributed by atoms with Gasteiger partial charge < -0.3 is 4.90 Å². The minimum Gasteiger partial charge on any atom is -0.301 e. The number of allylic oxidation sites excluding steroid dienone is 2. The van der Waals surface area contributed by atoms with Crippen LogP contribution >= 0.6 is 15.9 Å². The molecular weight excluding hydrogens is 262 g/mol. The first-order valence-corrected chi connectivity index (χ1v) is 6.24. The Labute approximate surface area is 106 Å². The van der Waals surface area contributed by atoms with E-state index >= 15 is 0 Å². The summed E-state index contributed by atoms with van der Waals surface area (Å²) in [5, 5.41) is 0. The van der Waals surface area contributed by atoms with Gasteiger partial charge in [0.25, 0.3) is 0 Å². The van der Waals surface area contributed by atoms with Crippen molar-refractivity contribution >= 4 is 15.9 Å². The molecule has 2 rings (SSSR count). The highest BCUT2D eigenvalue weighted by molar-refractivity contribution is 9.11. The molecule has 0 amide bonds. The molecule has 2 heteroatoms. The summed E-state index contributed by atoms with van der Waals surface area (Å²) in [6.45, 7) is 0. The first kappa shape index (κ1) is 11.6. The van der Waals surface area contributed by atoms with Gasteiger partial charge >= 0.3 is 0 Å². The zero-order valence-electron chi connectivity index (χ0n) is 9.60. The van der Waals surface area contributed by atoms with Crippen molar-refractivity contribution in [1.29, 1.82) is 0 Å². The molecule has 0 aromatic heterocycles. The second-order valence-corrected chi connectivity index (χ2v) is 5.20. The molecule has 1 aromatic rings. The highest BCUT2D eigenvalue weighted by Gasteiger charge is 2.26. The lowest BCUT2D eigenvalue weighted by molar-refractivity contribution is 0.266. The Kier molecular flexibility index (Phi) is 3.62. The van der Waals surface area contributed by atoms with Crippen LogP contribution in [-0.2, 0) is 0 Å². The summed E-state index contributed by atoms with van der Waals surface area (Å²) < 4.78 is 1.26. The number of nitrogens with zero attached hydrogens (tertiary/aromatic N) is 1. The average Bonchev–Trinajstić information content (AvgIpc) is 2.66. The number of benzene rings is 1. The van der Waals surface area contributed by atoms with Crippen molar-refractivity contribution < 1.29 is 0 Å². The molecule has 0 heterocycles. The van der Waals surface area contributed by atoms with Gasteiger partial charge in [-0.2, -0.15) is 0 Å². The third kappa shape index (κ3) is 2.28. The second-order valence-electron chi connectivity index (χ2n) is 4.28. The molecule has 1 unspecified atom stereocenters. The highest BCUT2D eigenvalue weighted by atomic mass is 79.9. The maximum Gasteiger partial charge on any atom is 0.0450 e. The molecule has 16 heavy (non-hydrogen) atoms. The van der Waals surface area contributed by atoms with Crippen LogP contribution in [0.1, 0.15) is 11.6 Å². The number of rotatable bonds is 3. The van der Waals surface area contributed by atoms with E-state index in [4.69, 9.17) is 0 Å². The van der Waals surface area contributed by atoms with E-state index in [0.717, 1.165) is 0 Å². The predicted octanol–water partition coefficient (Wildman–Crippen LogP) is 3.75. The van der Waals surface area contributed by atoms with E-state index < -0.39 is 0 Å². The summed E-state index contributed by atoms with van der Waals surface area (Å²) in [6.07, 6.45) is 6.50. The SMILES string of the molecule is CN(C)[C@H](c1ccccc1)C1C=CC=C1Br. The molecule has 0 spiro atoms. The van der Waals surface area contributed by atoms with Crippen molar-refractivity contribution in [2.75, 3.05) is 14.1 Å². The van der Waals surface area contributed by atoms with Gasteiger partial charge in [-0.3, -0.25) is 0 Å². The fourth-order valence-corrected chi connectivity index (χ4v) is 2.76. The summed E-state index contributed by atoms with van der Waals surface area (Å²) >= 11 is 3.64. The molecule has 0 bridgehead atoms. The third-order valence-electron chi connectivity index (χ3n) is 2.93. The molecule has 1 aliphatic carbocycles. The van der Waals surface area contributed by atoms with Gasteiger partial charge in [0.15, 0.2) is 0 Å². The number of hydrogen-bond acceptors (Lipinski definition) is 1. The summed E-state index contributed by atoms with van der Waals surface area (Å²) in [6, 6.07) is 11.0. The Morgan fingerprint density at radius 1 is 1.19 bits per heavy atom. The van der Waals surface area contributed by atoms with Gasteiger partial charge in [0.1, 0.15) is 0 Å². The Balaban J connectivity index is 2.32. The average molecular weight is 278 g/mol. The van der Waals surface area contributed by atoms with E-state index in [0.29, 0.717) is 12.0 Å². The summed E-state index contributed by atoms with van der Waals surface area (Å²) in [7, 11) is 4.26. The largest absolute Gasteiger partial charge is 0.301 e. The molecule has 2 atom stereocenters. The van der Waals surface area contributed by atoms with Crippen molar-refractivity contribution in [2.45, 2.75) is 6.04 Å². The Morgan fingerprint density at radius 3 is 2.38 bits per heavy atom. The lowest BCUT2D eigenvalue weighted by Crippen LogP contribution is -2.26. The Bertz CT molecular complexity index is 406. The van der Waals surface area contributed by atoms with Crippen molar-refractivity contribution in [3.05, 3.63) is 58.6 Å². The summed E-state index contributed by atoms with van der Waals surface area (Å²) in [5.41, 5.74) is 1.36. The Morgan fingerprint density at radius 2 is 1.88 bits per heavy atom. The van der Waals surface area contributed by atoms with Gasteiger partial charge in [-0.1, -0.05) is 64.5 Å². The quantitative estimate of drug-likeness (QED) is 0.813. The van der Waals surface area contributed by atoms with Crippen LogP contribution in [0.2, 0.25) is 0 Å². The van der Waals surface area contributed by atoms with Crippen LogP contribution in [0, 0.1) is 5.92 Å². The van der Waals surface area contributed by atoms with Crippen molar-refractivity contribution in [3.8, 4) is 0 Å². The number of halogens is 1. The zero-order valence-corrected chi connectivity index (χ0v) is 11.2. The van der Waals surface area contributed by atoms with Crippen LogP contribution in [0.5, 0.6) is 0 Å². The standard InChI is InChI=1S/C14H16BrN/c1-16(2)14(11-7-4-3-5-8-11)12-9-6-10-13(12)15/h3-10,12,14H,1-2H3/t12?,14-/m1/s1. The molecule has 0 fully saturated rings. The normalized spacial score (nSPS) is 21.2. The lowest BCUT2D eigenvalue weighted by Gasteiger charge is -2.30. The van der Waals surface area contributed by atoms with Crippen LogP contribution in [0.15, 0.2) is 53.0 Å². The van der Waals surface area contributed by atoms with Crippen molar-refractivity contribution in [3.63, 3.8) is 0 Å². The maximum atomic E-state index is 3.64. The van der Waals surface area contributed by atoms with Gasteiger partial charge in [-0.25, -0.2) is 0 Å². The molecular formula is C14H16BrN. The van der Waals surface area contributed by atoms with E-state index in [1.807, 2.05) is 0 Å². The van der Waals surface area contributed by atoms with Gasteiger partial charge in [0, 0.05) is 16.4 Å². The van der Waals surface area contributed by atoms with Gasteiger partial charge in [-0.15, -0.1) is 0 Å².